The van der Waals surface area contributed by atoms with Crippen LogP contribution in [0.15, 0.2) is 29.6 Å². The molecule has 0 atom stereocenters. The minimum absolute atomic E-state index is 0.0294. The molecule has 0 spiro atoms. The van der Waals surface area contributed by atoms with E-state index >= 15 is 0 Å². The molecule has 1 amide bonds. The summed E-state index contributed by atoms with van der Waals surface area (Å²) < 4.78 is 0. The van der Waals surface area contributed by atoms with Crippen LogP contribution < -0.4 is 0 Å². The fraction of sp³-hybridized carbons (Fsp3) is 0.444. The summed E-state index contributed by atoms with van der Waals surface area (Å²) in [4.78, 5) is 18.8. The zero-order valence-corrected chi connectivity index (χ0v) is 14.3. The van der Waals surface area contributed by atoms with Gasteiger partial charge in [0, 0.05) is 24.0 Å². The second-order valence-corrected chi connectivity index (χ2v) is 7.20. The van der Waals surface area contributed by atoms with Crippen molar-refractivity contribution in [3.8, 4) is 10.6 Å². The van der Waals surface area contributed by atoms with E-state index in [1.165, 1.54) is 16.9 Å². The van der Waals surface area contributed by atoms with Crippen LogP contribution in [0, 0.1) is 0 Å². The molecule has 23 heavy (non-hydrogen) atoms. The van der Waals surface area contributed by atoms with Crippen LogP contribution in [-0.2, 0) is 0 Å². The minimum atomic E-state index is -0.274. The third kappa shape index (κ3) is 3.62. The molecule has 1 aliphatic rings. The van der Waals surface area contributed by atoms with E-state index in [1.54, 1.807) is 4.90 Å². The number of piperidine rings is 1. The van der Waals surface area contributed by atoms with Crippen molar-refractivity contribution >= 4 is 17.2 Å². The molecule has 0 saturated carbocycles. The molecule has 1 aromatic heterocycles. The number of benzene rings is 1. The molecule has 3 rings (SSSR count). The summed E-state index contributed by atoms with van der Waals surface area (Å²) in [7, 11) is 0. The normalized spacial score (nSPS) is 16.1. The summed E-state index contributed by atoms with van der Waals surface area (Å²) >= 11 is 1.50. The van der Waals surface area contributed by atoms with Crippen molar-refractivity contribution in [3.63, 3.8) is 0 Å². The van der Waals surface area contributed by atoms with Crippen molar-refractivity contribution in [2.24, 2.45) is 0 Å². The lowest BCUT2D eigenvalue weighted by Crippen LogP contribution is -2.40. The smallest absolute Gasteiger partial charge is 0.273 e. The summed E-state index contributed by atoms with van der Waals surface area (Å²) in [5.41, 5.74) is 2.86. The van der Waals surface area contributed by atoms with Crippen LogP contribution >= 0.6 is 11.3 Å². The Balaban J connectivity index is 1.73. The summed E-state index contributed by atoms with van der Waals surface area (Å²) in [6.45, 7) is 5.56. The molecule has 122 valence electrons. The number of hydrogen-bond acceptors (Lipinski definition) is 4. The second-order valence-electron chi connectivity index (χ2n) is 6.34. The van der Waals surface area contributed by atoms with Gasteiger partial charge in [0.2, 0.25) is 0 Å². The van der Waals surface area contributed by atoms with Crippen LogP contribution in [0.4, 0.5) is 0 Å². The first-order chi connectivity index (χ1) is 11.0. The van der Waals surface area contributed by atoms with Gasteiger partial charge in [-0.05, 0) is 24.3 Å². The Morgan fingerprint density at radius 2 is 1.91 bits per heavy atom. The first-order valence-corrected chi connectivity index (χ1v) is 8.95. The van der Waals surface area contributed by atoms with Gasteiger partial charge in [0.1, 0.15) is 10.7 Å². The third-order valence-corrected chi connectivity index (χ3v) is 5.19. The van der Waals surface area contributed by atoms with Crippen molar-refractivity contribution in [1.82, 2.24) is 9.88 Å². The van der Waals surface area contributed by atoms with Crippen molar-refractivity contribution in [2.45, 2.75) is 38.7 Å². The number of aliphatic hydroxyl groups excluding tert-OH is 1. The number of carbonyl (C=O) groups excluding carboxylic acids is 1. The van der Waals surface area contributed by atoms with Crippen molar-refractivity contribution in [1.29, 1.82) is 0 Å². The highest BCUT2D eigenvalue weighted by molar-refractivity contribution is 7.13. The van der Waals surface area contributed by atoms with Gasteiger partial charge in [-0.25, -0.2) is 4.98 Å². The molecule has 2 aromatic rings. The average molecular weight is 330 g/mol. The molecule has 1 fully saturated rings. The highest BCUT2D eigenvalue weighted by Gasteiger charge is 2.24. The number of likely N-dealkylation sites (tertiary alicyclic amines) is 1. The van der Waals surface area contributed by atoms with Crippen LogP contribution in [-0.4, -0.2) is 40.1 Å². The summed E-state index contributed by atoms with van der Waals surface area (Å²) in [5.74, 6) is 0.477. The van der Waals surface area contributed by atoms with Crippen LogP contribution in [0.1, 0.15) is 48.7 Å². The van der Waals surface area contributed by atoms with Crippen molar-refractivity contribution in [3.05, 3.63) is 40.9 Å². The number of aromatic nitrogens is 1. The highest BCUT2D eigenvalue weighted by atomic mass is 32.1. The van der Waals surface area contributed by atoms with E-state index in [0.29, 0.717) is 37.5 Å². The van der Waals surface area contributed by atoms with E-state index in [0.717, 1.165) is 10.6 Å². The Morgan fingerprint density at radius 3 is 2.52 bits per heavy atom. The molecule has 1 N–H and O–H groups in total. The monoisotopic (exact) mass is 330 g/mol. The quantitative estimate of drug-likeness (QED) is 0.936. The van der Waals surface area contributed by atoms with Gasteiger partial charge < -0.3 is 10.0 Å². The lowest BCUT2D eigenvalue weighted by atomic mass is 10.0. The van der Waals surface area contributed by atoms with Gasteiger partial charge in [-0.3, -0.25) is 4.79 Å². The van der Waals surface area contributed by atoms with E-state index in [1.807, 2.05) is 5.38 Å². The van der Waals surface area contributed by atoms with Crippen LogP contribution in [0.3, 0.4) is 0 Å². The number of carbonyl (C=O) groups is 1. The van der Waals surface area contributed by atoms with E-state index in [9.17, 15) is 9.90 Å². The predicted octanol–water partition coefficient (Wildman–Crippen LogP) is 3.53. The first-order valence-electron chi connectivity index (χ1n) is 8.08. The van der Waals surface area contributed by atoms with Gasteiger partial charge in [0.05, 0.1) is 6.10 Å². The first kappa shape index (κ1) is 16.1. The van der Waals surface area contributed by atoms with Gasteiger partial charge in [0.25, 0.3) is 5.91 Å². The van der Waals surface area contributed by atoms with Gasteiger partial charge >= 0.3 is 0 Å². The van der Waals surface area contributed by atoms with E-state index in [4.69, 9.17) is 0 Å². The topological polar surface area (TPSA) is 53.4 Å². The summed E-state index contributed by atoms with van der Waals surface area (Å²) in [6, 6.07) is 8.38. The van der Waals surface area contributed by atoms with Gasteiger partial charge in [-0.15, -0.1) is 11.3 Å². The molecule has 0 bridgehead atoms. The van der Waals surface area contributed by atoms with E-state index in [-0.39, 0.29) is 12.0 Å². The zero-order valence-electron chi connectivity index (χ0n) is 13.5. The van der Waals surface area contributed by atoms with Gasteiger partial charge in [-0.1, -0.05) is 38.1 Å². The molecule has 1 aliphatic heterocycles. The maximum Gasteiger partial charge on any atom is 0.273 e. The zero-order chi connectivity index (χ0) is 16.4. The van der Waals surface area contributed by atoms with Crippen LogP contribution in [0.5, 0.6) is 0 Å². The molecule has 0 radical (unpaired) electrons. The second kappa shape index (κ2) is 6.81. The number of thiazole rings is 1. The van der Waals surface area contributed by atoms with E-state index < -0.39 is 0 Å². The van der Waals surface area contributed by atoms with E-state index in [2.05, 4.69) is 43.1 Å². The third-order valence-electron chi connectivity index (χ3n) is 4.30. The summed E-state index contributed by atoms with van der Waals surface area (Å²) in [5, 5.41) is 12.2. The average Bonchev–Trinajstić information content (AvgIpc) is 3.05. The van der Waals surface area contributed by atoms with Crippen molar-refractivity contribution in [2.75, 3.05) is 13.1 Å². The molecule has 2 heterocycles. The number of hydrogen-bond donors (Lipinski definition) is 1. The number of nitrogens with zero attached hydrogens (tertiary/aromatic N) is 2. The molecule has 4 nitrogen and oxygen atoms in total. The number of aliphatic hydroxyl groups is 1. The van der Waals surface area contributed by atoms with Gasteiger partial charge in [0.15, 0.2) is 0 Å². The van der Waals surface area contributed by atoms with Crippen LogP contribution in [0.2, 0.25) is 0 Å². The standard InChI is InChI=1S/C18H22N2O2S/c1-12(2)13-3-5-14(6-4-13)17-19-16(11-23-17)18(22)20-9-7-15(21)8-10-20/h3-6,11-12,15,21H,7-10H2,1-2H3. The fourth-order valence-corrected chi connectivity index (χ4v) is 3.55. The Labute approximate surface area is 140 Å². The lowest BCUT2D eigenvalue weighted by molar-refractivity contribution is 0.0542. The molecule has 0 aliphatic carbocycles. The maximum absolute atomic E-state index is 12.5. The van der Waals surface area contributed by atoms with Crippen LogP contribution in [0.25, 0.3) is 10.6 Å². The molecule has 1 aromatic carbocycles. The molecule has 1 saturated heterocycles. The Kier molecular flexibility index (Phi) is 4.78. The largest absolute Gasteiger partial charge is 0.393 e. The lowest BCUT2D eigenvalue weighted by Gasteiger charge is -2.28. The fourth-order valence-electron chi connectivity index (χ4n) is 2.75. The molecular weight excluding hydrogens is 308 g/mol. The predicted molar refractivity (Wildman–Crippen MR) is 92.8 cm³/mol. The summed E-state index contributed by atoms with van der Waals surface area (Å²) in [6.07, 6.45) is 1.03. The Bertz CT molecular complexity index is 671. The number of amides is 1. The highest BCUT2D eigenvalue weighted by Crippen LogP contribution is 2.26. The van der Waals surface area contributed by atoms with Crippen molar-refractivity contribution < 1.29 is 9.90 Å². The Morgan fingerprint density at radius 1 is 1.26 bits per heavy atom. The molecule has 5 heteroatoms. The molecular formula is C18H22N2O2S. The SMILES string of the molecule is CC(C)c1ccc(-c2nc(C(=O)N3CCC(O)CC3)cs2)cc1. The Hall–Kier alpha value is -1.72. The van der Waals surface area contributed by atoms with Gasteiger partial charge in [-0.2, -0.15) is 0 Å². The maximum atomic E-state index is 12.5. The molecule has 0 unspecified atom stereocenters. The number of rotatable bonds is 3. The minimum Gasteiger partial charge on any atom is -0.393 e.